The Morgan fingerprint density at radius 1 is 0.833 bits per heavy atom. The second-order valence-electron chi connectivity index (χ2n) is 5.70. The number of hydrogen-bond acceptors (Lipinski definition) is 3. The van der Waals surface area contributed by atoms with Crippen molar-refractivity contribution in [2.24, 2.45) is 0 Å². The van der Waals surface area contributed by atoms with Crippen LogP contribution in [0.3, 0.4) is 0 Å². The number of carbonyl (C=O) groups is 1. The number of allylic oxidation sites excluding steroid dienone is 1. The van der Waals surface area contributed by atoms with Gasteiger partial charge in [0.15, 0.2) is 5.76 Å². The highest BCUT2D eigenvalue weighted by Crippen LogP contribution is 2.38. The molecule has 4 rings (SSSR count). The van der Waals surface area contributed by atoms with Crippen LogP contribution in [0, 0.1) is 0 Å². The molecule has 118 valence electrons. The highest BCUT2D eigenvalue weighted by molar-refractivity contribution is 6.25. The molecule has 0 radical (unpaired) electrons. The molecule has 3 nitrogen and oxygen atoms in total. The molecule has 0 bridgehead atoms. The van der Waals surface area contributed by atoms with Gasteiger partial charge in [0.25, 0.3) is 0 Å². The third kappa shape index (κ3) is 2.09. The summed E-state index contributed by atoms with van der Waals surface area (Å²) in [7, 11) is 3.17. The molecule has 0 aliphatic heterocycles. The van der Waals surface area contributed by atoms with Crippen LogP contribution in [0.25, 0.3) is 28.0 Å². The maximum atomic E-state index is 12.9. The van der Waals surface area contributed by atoms with Crippen molar-refractivity contribution in [2.45, 2.75) is 0 Å². The second kappa shape index (κ2) is 5.53. The molecule has 0 heterocycles. The van der Waals surface area contributed by atoms with Gasteiger partial charge in [0, 0.05) is 10.9 Å². The SMILES string of the molecule is COC1=Cc2cccc3ccc(-c4ccc(OC)cc4)c(c23)C1=O. The number of hydrogen-bond donors (Lipinski definition) is 0. The molecule has 0 saturated heterocycles. The van der Waals surface area contributed by atoms with E-state index >= 15 is 0 Å². The molecular formula is C21H16O3. The first-order valence-electron chi connectivity index (χ1n) is 7.73. The molecule has 0 aromatic heterocycles. The average Bonchev–Trinajstić information content (AvgIpc) is 2.64. The normalized spacial score (nSPS) is 12.9. The van der Waals surface area contributed by atoms with Gasteiger partial charge >= 0.3 is 0 Å². The Morgan fingerprint density at radius 3 is 2.33 bits per heavy atom. The molecule has 3 aromatic carbocycles. The van der Waals surface area contributed by atoms with Crippen LogP contribution in [0.2, 0.25) is 0 Å². The van der Waals surface area contributed by atoms with E-state index < -0.39 is 0 Å². The van der Waals surface area contributed by atoms with E-state index in [-0.39, 0.29) is 5.78 Å². The van der Waals surface area contributed by atoms with Gasteiger partial charge < -0.3 is 9.47 Å². The lowest BCUT2D eigenvalue weighted by molar-refractivity contribution is 0.0958. The second-order valence-corrected chi connectivity index (χ2v) is 5.70. The summed E-state index contributed by atoms with van der Waals surface area (Å²) in [6, 6.07) is 17.8. The maximum Gasteiger partial charge on any atom is 0.228 e. The third-order valence-electron chi connectivity index (χ3n) is 4.44. The van der Waals surface area contributed by atoms with Crippen LogP contribution in [0.5, 0.6) is 5.75 Å². The van der Waals surface area contributed by atoms with Crippen LogP contribution < -0.4 is 4.74 Å². The first-order chi connectivity index (χ1) is 11.7. The Balaban J connectivity index is 2.02. The molecule has 1 aliphatic carbocycles. The average molecular weight is 316 g/mol. The number of ketones is 1. The van der Waals surface area contributed by atoms with Gasteiger partial charge in [-0.05, 0) is 40.3 Å². The van der Waals surface area contributed by atoms with E-state index in [1.165, 1.54) is 7.11 Å². The van der Waals surface area contributed by atoms with Gasteiger partial charge in [0.05, 0.1) is 14.2 Å². The molecule has 0 amide bonds. The zero-order valence-electron chi connectivity index (χ0n) is 13.5. The molecule has 0 N–H and O–H groups in total. The van der Waals surface area contributed by atoms with Crippen molar-refractivity contribution in [3.05, 3.63) is 71.5 Å². The van der Waals surface area contributed by atoms with Crippen LogP contribution >= 0.6 is 0 Å². The fourth-order valence-electron chi connectivity index (χ4n) is 3.26. The first kappa shape index (κ1) is 14.5. The zero-order chi connectivity index (χ0) is 16.7. The van der Waals surface area contributed by atoms with Crippen molar-refractivity contribution in [1.82, 2.24) is 0 Å². The fraction of sp³-hybridized carbons (Fsp3) is 0.0952. The number of rotatable bonds is 3. The van der Waals surface area contributed by atoms with Gasteiger partial charge in [-0.1, -0.05) is 42.5 Å². The van der Waals surface area contributed by atoms with E-state index in [9.17, 15) is 4.79 Å². The summed E-state index contributed by atoms with van der Waals surface area (Å²) in [5.74, 6) is 1.08. The molecule has 0 saturated carbocycles. The minimum Gasteiger partial charge on any atom is -0.497 e. The monoisotopic (exact) mass is 316 g/mol. The Hall–Kier alpha value is -3.07. The summed E-state index contributed by atoms with van der Waals surface area (Å²) >= 11 is 0. The molecule has 0 unspecified atom stereocenters. The highest BCUT2D eigenvalue weighted by Gasteiger charge is 2.26. The maximum absolute atomic E-state index is 12.9. The van der Waals surface area contributed by atoms with Gasteiger partial charge in [-0.15, -0.1) is 0 Å². The van der Waals surface area contributed by atoms with Crippen LogP contribution in [-0.2, 0) is 4.74 Å². The Kier molecular flexibility index (Phi) is 3.35. The molecule has 1 aliphatic rings. The molecule has 0 fully saturated rings. The number of ether oxygens (including phenoxy) is 2. The predicted molar refractivity (Wildman–Crippen MR) is 95.3 cm³/mol. The molecule has 0 atom stereocenters. The van der Waals surface area contributed by atoms with E-state index in [1.807, 2.05) is 54.6 Å². The van der Waals surface area contributed by atoms with Crippen molar-refractivity contribution in [2.75, 3.05) is 14.2 Å². The number of carbonyl (C=O) groups excluding carboxylic acids is 1. The number of methoxy groups -OCH3 is 2. The summed E-state index contributed by atoms with van der Waals surface area (Å²) in [6.45, 7) is 0. The van der Waals surface area contributed by atoms with Gasteiger partial charge in [-0.3, -0.25) is 4.79 Å². The van der Waals surface area contributed by atoms with Crippen LogP contribution in [0.4, 0.5) is 0 Å². The van der Waals surface area contributed by atoms with E-state index in [2.05, 4.69) is 6.07 Å². The summed E-state index contributed by atoms with van der Waals surface area (Å²) in [5.41, 5.74) is 3.60. The van der Waals surface area contributed by atoms with Crippen molar-refractivity contribution in [1.29, 1.82) is 0 Å². The van der Waals surface area contributed by atoms with Crippen LogP contribution in [0.1, 0.15) is 15.9 Å². The van der Waals surface area contributed by atoms with Gasteiger partial charge in [0.2, 0.25) is 5.78 Å². The quantitative estimate of drug-likeness (QED) is 0.702. The standard InChI is InChI=1S/C21H16O3/c1-23-16-9-6-13(7-10-16)17-11-8-14-4-3-5-15-12-18(24-2)21(22)20(17)19(14)15/h3-12H,1-2H3. The molecule has 3 aromatic rings. The fourth-order valence-corrected chi connectivity index (χ4v) is 3.26. The number of benzene rings is 3. The predicted octanol–water partition coefficient (Wildman–Crippen LogP) is 4.70. The van der Waals surface area contributed by atoms with Gasteiger partial charge in [0.1, 0.15) is 5.75 Å². The highest BCUT2D eigenvalue weighted by atomic mass is 16.5. The minimum absolute atomic E-state index is 0.0763. The Labute approximate surface area is 140 Å². The van der Waals surface area contributed by atoms with Crippen LogP contribution in [-0.4, -0.2) is 20.0 Å². The van der Waals surface area contributed by atoms with Crippen molar-refractivity contribution < 1.29 is 14.3 Å². The van der Waals surface area contributed by atoms with E-state index in [0.717, 1.165) is 33.2 Å². The number of Topliss-reactive ketones (excluding diaryl/α,β-unsaturated/α-hetero) is 1. The van der Waals surface area contributed by atoms with E-state index in [0.29, 0.717) is 11.3 Å². The molecule has 24 heavy (non-hydrogen) atoms. The lowest BCUT2D eigenvalue weighted by atomic mass is 9.85. The van der Waals surface area contributed by atoms with Gasteiger partial charge in [-0.2, -0.15) is 0 Å². The molecule has 0 spiro atoms. The Bertz CT molecular complexity index is 982. The summed E-state index contributed by atoms with van der Waals surface area (Å²) in [6.07, 6.45) is 1.81. The van der Waals surface area contributed by atoms with Crippen molar-refractivity contribution >= 4 is 22.6 Å². The van der Waals surface area contributed by atoms with Crippen LogP contribution in [0.15, 0.2) is 60.4 Å². The van der Waals surface area contributed by atoms with Gasteiger partial charge in [-0.25, -0.2) is 0 Å². The largest absolute Gasteiger partial charge is 0.497 e. The zero-order valence-corrected chi connectivity index (χ0v) is 13.5. The van der Waals surface area contributed by atoms with E-state index in [4.69, 9.17) is 9.47 Å². The molecular weight excluding hydrogens is 300 g/mol. The minimum atomic E-state index is -0.0763. The Morgan fingerprint density at radius 2 is 1.62 bits per heavy atom. The molecule has 3 heteroatoms. The lowest BCUT2D eigenvalue weighted by Gasteiger charge is -2.19. The third-order valence-corrected chi connectivity index (χ3v) is 4.44. The van der Waals surface area contributed by atoms with Crippen molar-refractivity contribution in [3.8, 4) is 16.9 Å². The first-order valence-corrected chi connectivity index (χ1v) is 7.73. The summed E-state index contributed by atoms with van der Waals surface area (Å²) in [5, 5.41) is 2.04. The lowest BCUT2D eigenvalue weighted by Crippen LogP contribution is -2.12. The van der Waals surface area contributed by atoms with E-state index in [1.54, 1.807) is 7.11 Å². The smallest absolute Gasteiger partial charge is 0.228 e. The topological polar surface area (TPSA) is 35.5 Å². The van der Waals surface area contributed by atoms with Crippen molar-refractivity contribution in [3.63, 3.8) is 0 Å². The summed E-state index contributed by atoms with van der Waals surface area (Å²) in [4.78, 5) is 12.9. The summed E-state index contributed by atoms with van der Waals surface area (Å²) < 4.78 is 10.5.